The van der Waals surface area contributed by atoms with Crippen LogP contribution in [0.5, 0.6) is 5.75 Å². The summed E-state index contributed by atoms with van der Waals surface area (Å²) in [7, 11) is 0. The summed E-state index contributed by atoms with van der Waals surface area (Å²) in [5.74, 6) is 0.185. The number of anilines is 1. The van der Waals surface area contributed by atoms with Crippen molar-refractivity contribution in [2.45, 2.75) is 13.8 Å². The molecule has 0 fully saturated rings. The first-order valence-corrected chi connectivity index (χ1v) is 15.5. The van der Waals surface area contributed by atoms with Gasteiger partial charge in [-0.2, -0.15) is 0 Å². The zero-order chi connectivity index (χ0) is 33.3. The highest BCUT2D eigenvalue weighted by molar-refractivity contribution is 5.88. The van der Waals surface area contributed by atoms with Crippen LogP contribution in [0.2, 0.25) is 0 Å². The Morgan fingerprint density at radius 3 is 1.11 bits per heavy atom. The van der Waals surface area contributed by atoms with Crippen molar-refractivity contribution < 1.29 is 61.7 Å². The molecule has 0 saturated heterocycles. The lowest BCUT2D eigenvalue weighted by molar-refractivity contribution is -0.140. The molecule has 0 unspecified atom stereocenters. The number of hydrogen-bond acceptors (Lipinski definition) is 13. The highest BCUT2D eigenvalue weighted by Gasteiger charge is 2.02. The van der Waals surface area contributed by atoms with Gasteiger partial charge in [0.1, 0.15) is 19.0 Å². The highest BCUT2D eigenvalue weighted by Crippen LogP contribution is 2.15. The molecule has 264 valence electrons. The molecule has 0 aliphatic heterocycles. The Balaban J connectivity index is 1.68. The van der Waals surface area contributed by atoms with Gasteiger partial charge in [-0.05, 0) is 31.2 Å². The van der Waals surface area contributed by atoms with Gasteiger partial charge in [0.2, 0.25) is 5.91 Å². The number of nitrogens with one attached hydrogen (secondary N) is 1. The van der Waals surface area contributed by atoms with E-state index in [1.54, 1.807) is 31.2 Å². The van der Waals surface area contributed by atoms with Gasteiger partial charge >= 0.3 is 5.97 Å². The lowest BCUT2D eigenvalue weighted by Gasteiger charge is -2.09. The Labute approximate surface area is 272 Å². The molecule has 0 aliphatic rings. The third kappa shape index (κ3) is 27.6. The quantitative estimate of drug-likeness (QED) is 0.0669. The maximum atomic E-state index is 11.2. The standard InChI is InChI=1S/C32H53NO13/c1-28(2)32(35)46-27-25-44-23-21-42-19-17-40-15-13-38-11-9-36-8-10-37-12-14-39-16-18-41-20-22-43-24-26-45-31-6-4-30(5-7-31)33-29(3)34/h4-7H,1,8-27H2,2-3H3,(H,33,34). The van der Waals surface area contributed by atoms with Gasteiger partial charge in [0.15, 0.2) is 0 Å². The van der Waals surface area contributed by atoms with E-state index in [-0.39, 0.29) is 12.5 Å². The predicted molar refractivity (Wildman–Crippen MR) is 169 cm³/mol. The van der Waals surface area contributed by atoms with Gasteiger partial charge in [-0.3, -0.25) is 4.79 Å². The number of carbonyl (C=O) groups is 2. The molecule has 1 amide bonds. The highest BCUT2D eigenvalue weighted by atomic mass is 16.6. The van der Waals surface area contributed by atoms with Crippen LogP contribution in [-0.4, -0.2) is 144 Å². The van der Waals surface area contributed by atoms with Gasteiger partial charge < -0.3 is 57.4 Å². The van der Waals surface area contributed by atoms with Crippen molar-refractivity contribution in [1.29, 1.82) is 0 Å². The second kappa shape index (κ2) is 31.0. The lowest BCUT2D eigenvalue weighted by Crippen LogP contribution is -2.15. The molecule has 1 aromatic carbocycles. The lowest BCUT2D eigenvalue weighted by atomic mass is 10.3. The molecule has 0 aromatic heterocycles. The maximum Gasteiger partial charge on any atom is 0.333 e. The van der Waals surface area contributed by atoms with Crippen molar-refractivity contribution in [2.24, 2.45) is 0 Å². The molecular weight excluding hydrogens is 606 g/mol. The molecule has 14 heteroatoms. The van der Waals surface area contributed by atoms with Crippen LogP contribution < -0.4 is 10.1 Å². The van der Waals surface area contributed by atoms with Crippen LogP contribution in [0.4, 0.5) is 5.69 Å². The zero-order valence-corrected chi connectivity index (χ0v) is 27.5. The number of amides is 1. The number of esters is 1. The third-order valence-electron chi connectivity index (χ3n) is 5.46. The smallest absolute Gasteiger partial charge is 0.333 e. The Morgan fingerprint density at radius 1 is 0.500 bits per heavy atom. The number of ether oxygens (including phenoxy) is 11. The fourth-order valence-corrected chi connectivity index (χ4v) is 3.23. The zero-order valence-electron chi connectivity index (χ0n) is 27.5. The number of benzene rings is 1. The van der Waals surface area contributed by atoms with Crippen LogP contribution in [0.1, 0.15) is 13.8 Å². The largest absolute Gasteiger partial charge is 0.491 e. The summed E-state index contributed by atoms with van der Waals surface area (Å²) in [6, 6.07) is 7.16. The van der Waals surface area contributed by atoms with E-state index in [1.165, 1.54) is 6.92 Å². The van der Waals surface area contributed by atoms with Crippen molar-refractivity contribution in [1.82, 2.24) is 0 Å². The molecule has 0 atom stereocenters. The van der Waals surface area contributed by atoms with Crippen molar-refractivity contribution >= 4 is 17.6 Å². The number of hydrogen-bond donors (Lipinski definition) is 1. The molecule has 1 rings (SSSR count). The topological polar surface area (TPSA) is 148 Å². The van der Waals surface area contributed by atoms with Gasteiger partial charge in [-0.25, -0.2) is 4.79 Å². The summed E-state index contributed by atoms with van der Waals surface area (Å²) in [6.07, 6.45) is 0. The Bertz CT molecular complexity index is 885. The summed E-state index contributed by atoms with van der Waals surface area (Å²) >= 11 is 0. The molecule has 0 spiro atoms. The second-order valence-corrected chi connectivity index (χ2v) is 9.48. The molecule has 0 radical (unpaired) electrons. The average molecular weight is 660 g/mol. The Morgan fingerprint density at radius 2 is 0.804 bits per heavy atom. The van der Waals surface area contributed by atoms with E-state index < -0.39 is 5.97 Å². The summed E-state index contributed by atoms with van der Waals surface area (Å²) in [5, 5.41) is 2.71. The van der Waals surface area contributed by atoms with E-state index in [1.807, 2.05) is 0 Å². The molecule has 0 heterocycles. The van der Waals surface area contributed by atoms with Crippen molar-refractivity contribution in [3.05, 3.63) is 36.4 Å². The van der Waals surface area contributed by atoms with Crippen molar-refractivity contribution in [3.8, 4) is 5.75 Å². The second-order valence-electron chi connectivity index (χ2n) is 9.48. The first kappa shape index (κ1) is 41.4. The first-order chi connectivity index (χ1) is 22.5. The van der Waals surface area contributed by atoms with Gasteiger partial charge in [0.05, 0.1) is 119 Å². The number of carbonyl (C=O) groups excluding carboxylic acids is 2. The minimum absolute atomic E-state index is 0.111. The van der Waals surface area contributed by atoms with Crippen LogP contribution in [0.3, 0.4) is 0 Å². The van der Waals surface area contributed by atoms with E-state index in [4.69, 9.17) is 52.1 Å². The van der Waals surface area contributed by atoms with Gasteiger partial charge in [-0.1, -0.05) is 6.58 Å². The van der Waals surface area contributed by atoms with Crippen molar-refractivity contribution in [2.75, 3.05) is 137 Å². The van der Waals surface area contributed by atoms with Gasteiger partial charge in [-0.15, -0.1) is 0 Å². The molecule has 1 aromatic rings. The summed E-state index contributed by atoms with van der Waals surface area (Å²) in [6.45, 7) is 15.5. The normalized spacial score (nSPS) is 11.0. The van der Waals surface area contributed by atoms with Crippen LogP contribution in [0.25, 0.3) is 0 Å². The maximum absolute atomic E-state index is 11.2. The van der Waals surface area contributed by atoms with Crippen LogP contribution in [0, 0.1) is 0 Å². The first-order valence-electron chi connectivity index (χ1n) is 15.5. The fourth-order valence-electron chi connectivity index (χ4n) is 3.23. The molecule has 14 nitrogen and oxygen atoms in total. The summed E-state index contributed by atoms with van der Waals surface area (Å²) in [4.78, 5) is 22.2. The van der Waals surface area contributed by atoms with E-state index >= 15 is 0 Å². The third-order valence-corrected chi connectivity index (χ3v) is 5.46. The summed E-state index contributed by atoms with van der Waals surface area (Å²) in [5.41, 5.74) is 1.09. The van der Waals surface area contributed by atoms with Gasteiger partial charge in [0.25, 0.3) is 0 Å². The number of rotatable bonds is 33. The fraction of sp³-hybridized carbons (Fsp3) is 0.688. The van der Waals surface area contributed by atoms with Gasteiger partial charge in [0, 0.05) is 18.2 Å². The van der Waals surface area contributed by atoms with E-state index in [0.29, 0.717) is 137 Å². The molecule has 0 saturated carbocycles. The predicted octanol–water partition coefficient (Wildman–Crippen LogP) is 2.29. The SMILES string of the molecule is C=C(C)C(=O)OCCOCCOCCOCCOCCOCCOCCOCCOCCOCCOc1ccc(NC(C)=O)cc1. The molecule has 46 heavy (non-hydrogen) atoms. The van der Waals surface area contributed by atoms with Crippen LogP contribution in [0.15, 0.2) is 36.4 Å². The van der Waals surface area contributed by atoms with Crippen LogP contribution in [-0.2, 0) is 57.0 Å². The monoisotopic (exact) mass is 659 g/mol. The Hall–Kier alpha value is -2.66. The minimum Gasteiger partial charge on any atom is -0.491 e. The summed E-state index contributed by atoms with van der Waals surface area (Å²) < 4.78 is 59.4. The van der Waals surface area contributed by atoms with E-state index in [0.717, 1.165) is 5.69 Å². The van der Waals surface area contributed by atoms with Crippen LogP contribution >= 0.6 is 0 Å². The molecular formula is C32H53NO13. The Kier molecular flexibility index (Phi) is 27.8. The minimum atomic E-state index is -0.416. The van der Waals surface area contributed by atoms with E-state index in [2.05, 4.69) is 11.9 Å². The molecule has 1 N–H and O–H groups in total. The van der Waals surface area contributed by atoms with E-state index in [9.17, 15) is 9.59 Å². The average Bonchev–Trinajstić information content (AvgIpc) is 3.04. The van der Waals surface area contributed by atoms with Crippen molar-refractivity contribution in [3.63, 3.8) is 0 Å². The molecule has 0 bridgehead atoms. The molecule has 0 aliphatic carbocycles.